The van der Waals surface area contributed by atoms with Gasteiger partial charge in [0.15, 0.2) is 0 Å². The van der Waals surface area contributed by atoms with E-state index in [0.717, 1.165) is 27.7 Å². The van der Waals surface area contributed by atoms with Crippen LogP contribution in [0.4, 0.5) is 0 Å². The van der Waals surface area contributed by atoms with Gasteiger partial charge < -0.3 is 19.3 Å². The summed E-state index contributed by atoms with van der Waals surface area (Å²) in [7, 11) is 0. The summed E-state index contributed by atoms with van der Waals surface area (Å²) in [5.74, 6) is -0.609. The summed E-state index contributed by atoms with van der Waals surface area (Å²) in [5, 5.41) is 13.4. The average Bonchev–Trinajstić information content (AvgIpc) is 2.94. The zero-order chi connectivity index (χ0) is 21.5. The second-order valence-corrected chi connectivity index (χ2v) is 8.03. The van der Waals surface area contributed by atoms with Crippen molar-refractivity contribution in [2.45, 2.75) is 40.2 Å². The molecule has 2 aromatic heterocycles. The minimum atomic E-state index is -1.11. The highest BCUT2D eigenvalue weighted by molar-refractivity contribution is 7.98. The molecule has 2 N–H and O–H groups in total. The fourth-order valence-corrected chi connectivity index (χ4v) is 4.00. The number of carboxylic acids is 1. The van der Waals surface area contributed by atoms with Crippen molar-refractivity contribution in [2.75, 3.05) is 12.0 Å². The number of rotatable bonds is 6. The lowest BCUT2D eigenvalue weighted by molar-refractivity contribution is -0.141. The quantitative estimate of drug-likeness (QED) is 0.593. The number of furan rings is 1. The Labute approximate surface area is 171 Å². The highest BCUT2D eigenvalue weighted by Crippen LogP contribution is 2.34. The lowest BCUT2D eigenvalue weighted by Crippen LogP contribution is -2.43. The highest BCUT2D eigenvalue weighted by Gasteiger charge is 2.23. The molecule has 0 aliphatic rings. The van der Waals surface area contributed by atoms with Crippen LogP contribution in [0.3, 0.4) is 0 Å². The number of carbonyl (C=O) groups is 2. The second-order valence-electron chi connectivity index (χ2n) is 7.12. The van der Waals surface area contributed by atoms with Crippen LogP contribution >= 0.6 is 11.8 Å². The molecule has 1 aromatic carbocycles. The number of thioether (sulfide) groups is 1. The number of aryl methyl sites for hydroxylation is 4. The maximum atomic E-state index is 12.6. The standard InChI is InChI=1S/C21H23NO6S/c1-9-12(4)27-18-11(3)19-14(6-13(9)18)10(2)15(21(26)28-19)7-17(23)22-16(8-29-5)20(24)25/h6,16H,7-8H2,1-5H3,(H,22,23)(H,24,25)/t16-/m0/s1. The van der Waals surface area contributed by atoms with Crippen LogP contribution in [-0.4, -0.2) is 35.0 Å². The first-order valence-electron chi connectivity index (χ1n) is 9.12. The van der Waals surface area contributed by atoms with Crippen LogP contribution in [0.15, 0.2) is 19.7 Å². The monoisotopic (exact) mass is 417 g/mol. The molecule has 1 amide bonds. The van der Waals surface area contributed by atoms with Gasteiger partial charge in [0, 0.05) is 22.1 Å². The molecule has 0 aliphatic heterocycles. The molecule has 1 atom stereocenters. The maximum absolute atomic E-state index is 12.6. The van der Waals surface area contributed by atoms with Crippen molar-refractivity contribution in [3.63, 3.8) is 0 Å². The Morgan fingerprint density at radius 1 is 1.07 bits per heavy atom. The smallest absolute Gasteiger partial charge is 0.340 e. The number of nitrogens with one attached hydrogen (secondary N) is 1. The molecular weight excluding hydrogens is 394 g/mol. The lowest BCUT2D eigenvalue weighted by Gasteiger charge is -2.14. The van der Waals surface area contributed by atoms with Gasteiger partial charge in [-0.15, -0.1) is 0 Å². The molecular formula is C21H23NO6S. The Morgan fingerprint density at radius 3 is 2.31 bits per heavy atom. The summed E-state index contributed by atoms with van der Waals surface area (Å²) >= 11 is 1.32. The third-order valence-electron chi connectivity index (χ3n) is 5.25. The summed E-state index contributed by atoms with van der Waals surface area (Å²) in [5.41, 5.74) is 3.12. The van der Waals surface area contributed by atoms with E-state index in [2.05, 4.69) is 5.32 Å². The van der Waals surface area contributed by atoms with Gasteiger partial charge in [-0.2, -0.15) is 11.8 Å². The highest BCUT2D eigenvalue weighted by atomic mass is 32.2. The number of amides is 1. The number of benzene rings is 1. The fraction of sp³-hybridized carbons (Fsp3) is 0.381. The predicted octanol–water partition coefficient (Wildman–Crippen LogP) is 3.25. The van der Waals surface area contributed by atoms with Crippen LogP contribution in [0.5, 0.6) is 0 Å². The molecule has 154 valence electrons. The Morgan fingerprint density at radius 2 is 1.69 bits per heavy atom. The van der Waals surface area contributed by atoms with Crippen molar-refractivity contribution in [1.29, 1.82) is 0 Å². The Balaban J connectivity index is 2.06. The van der Waals surface area contributed by atoms with Crippen molar-refractivity contribution >= 4 is 45.6 Å². The van der Waals surface area contributed by atoms with Crippen LogP contribution in [0.2, 0.25) is 0 Å². The first kappa shape index (κ1) is 21.0. The largest absolute Gasteiger partial charge is 0.480 e. The zero-order valence-electron chi connectivity index (χ0n) is 17.0. The molecule has 2 heterocycles. The van der Waals surface area contributed by atoms with Crippen molar-refractivity contribution in [3.05, 3.63) is 44.5 Å². The molecule has 0 fully saturated rings. The summed E-state index contributed by atoms with van der Waals surface area (Å²) in [4.78, 5) is 36.3. The van der Waals surface area contributed by atoms with Gasteiger partial charge >= 0.3 is 11.6 Å². The SMILES string of the molecule is CSC[C@H](NC(=O)Cc1c(C)c2cc3c(C)c(C)oc3c(C)c2oc1=O)C(=O)O. The number of aliphatic carboxylic acids is 1. The van der Waals surface area contributed by atoms with Crippen molar-refractivity contribution in [1.82, 2.24) is 5.32 Å². The van der Waals surface area contributed by atoms with Gasteiger partial charge in [-0.05, 0) is 51.1 Å². The number of carboxylic acid groups (broad SMARTS) is 1. The number of carbonyl (C=O) groups excluding carboxylic acids is 1. The van der Waals surface area contributed by atoms with Crippen molar-refractivity contribution in [2.24, 2.45) is 0 Å². The van der Waals surface area contributed by atoms with E-state index in [1.807, 2.05) is 26.8 Å². The van der Waals surface area contributed by atoms with Gasteiger partial charge in [0.1, 0.15) is 23.0 Å². The van der Waals surface area contributed by atoms with Gasteiger partial charge in [0.2, 0.25) is 5.91 Å². The zero-order valence-corrected chi connectivity index (χ0v) is 17.8. The topological polar surface area (TPSA) is 110 Å². The molecule has 0 radical (unpaired) electrons. The summed E-state index contributed by atoms with van der Waals surface area (Å²) < 4.78 is 11.4. The molecule has 8 heteroatoms. The molecule has 7 nitrogen and oxygen atoms in total. The molecule has 0 saturated heterocycles. The van der Waals surface area contributed by atoms with E-state index in [0.29, 0.717) is 16.7 Å². The van der Waals surface area contributed by atoms with E-state index >= 15 is 0 Å². The van der Waals surface area contributed by atoms with Crippen LogP contribution in [0.25, 0.3) is 21.9 Å². The molecule has 0 unspecified atom stereocenters. The Kier molecular flexibility index (Phi) is 5.75. The second kappa shape index (κ2) is 7.94. The van der Waals surface area contributed by atoms with Gasteiger partial charge in [0.05, 0.1) is 12.0 Å². The molecule has 0 spiro atoms. The van der Waals surface area contributed by atoms with Gasteiger partial charge in [0.25, 0.3) is 0 Å². The Hall–Kier alpha value is -2.74. The molecule has 29 heavy (non-hydrogen) atoms. The molecule has 3 rings (SSSR count). The summed E-state index contributed by atoms with van der Waals surface area (Å²) in [6, 6.07) is 0.903. The minimum absolute atomic E-state index is 0.222. The average molecular weight is 417 g/mol. The Bertz CT molecular complexity index is 1190. The molecule has 0 bridgehead atoms. The van der Waals surface area contributed by atoms with Crippen LogP contribution in [-0.2, 0) is 16.0 Å². The number of hydrogen-bond donors (Lipinski definition) is 2. The summed E-state index contributed by atoms with van der Waals surface area (Å²) in [6.07, 6.45) is 1.51. The van der Waals surface area contributed by atoms with E-state index in [1.54, 1.807) is 13.2 Å². The first-order valence-corrected chi connectivity index (χ1v) is 10.5. The van der Waals surface area contributed by atoms with E-state index in [9.17, 15) is 19.5 Å². The van der Waals surface area contributed by atoms with E-state index in [4.69, 9.17) is 8.83 Å². The predicted molar refractivity (Wildman–Crippen MR) is 113 cm³/mol. The van der Waals surface area contributed by atoms with Gasteiger partial charge in [-0.3, -0.25) is 4.79 Å². The van der Waals surface area contributed by atoms with E-state index in [1.165, 1.54) is 11.8 Å². The fourth-order valence-electron chi connectivity index (χ4n) is 3.44. The van der Waals surface area contributed by atoms with E-state index in [-0.39, 0.29) is 17.7 Å². The first-order chi connectivity index (χ1) is 13.6. The van der Waals surface area contributed by atoms with Crippen LogP contribution < -0.4 is 10.9 Å². The normalized spacial score (nSPS) is 12.4. The van der Waals surface area contributed by atoms with Crippen molar-refractivity contribution in [3.8, 4) is 0 Å². The van der Waals surface area contributed by atoms with Crippen LogP contribution in [0, 0.1) is 27.7 Å². The third kappa shape index (κ3) is 3.76. The van der Waals surface area contributed by atoms with Crippen molar-refractivity contribution < 1.29 is 23.5 Å². The van der Waals surface area contributed by atoms with Gasteiger partial charge in [-0.1, -0.05) is 0 Å². The molecule has 0 saturated carbocycles. The summed E-state index contributed by atoms with van der Waals surface area (Å²) in [6.45, 7) is 7.45. The number of hydrogen-bond acceptors (Lipinski definition) is 6. The minimum Gasteiger partial charge on any atom is -0.480 e. The maximum Gasteiger partial charge on any atom is 0.340 e. The number of fused-ring (bicyclic) bond motifs is 2. The van der Waals surface area contributed by atoms with Crippen LogP contribution in [0.1, 0.15) is 28.0 Å². The molecule has 0 aliphatic carbocycles. The lowest BCUT2D eigenvalue weighted by atomic mass is 9.98. The molecule has 3 aromatic rings. The van der Waals surface area contributed by atoms with E-state index < -0.39 is 23.5 Å². The third-order valence-corrected chi connectivity index (χ3v) is 5.91. The van der Waals surface area contributed by atoms with Gasteiger partial charge in [-0.25, -0.2) is 9.59 Å².